The molecule has 172 valence electrons. The second-order valence-corrected chi connectivity index (χ2v) is 17.4. The number of ether oxygens (including phenoxy) is 3. The third-order valence-electron chi connectivity index (χ3n) is 4.06. The number of hydrogen-bond donors (Lipinski definition) is 0. The fraction of sp³-hybridized carbons (Fsp3) is 0.429. The first-order chi connectivity index (χ1) is 14.6. The van der Waals surface area contributed by atoms with Gasteiger partial charge in [-0.25, -0.2) is 0 Å². The van der Waals surface area contributed by atoms with Crippen molar-refractivity contribution in [2.75, 3.05) is 18.5 Å². The fourth-order valence-corrected chi connectivity index (χ4v) is 5.86. The van der Waals surface area contributed by atoms with E-state index in [1.165, 1.54) is 0 Å². The molecular formula is C21H21Br7O3. The van der Waals surface area contributed by atoms with Crippen molar-refractivity contribution in [3.8, 4) is 16.9 Å². The van der Waals surface area contributed by atoms with Crippen LogP contribution in [-0.4, -0.2) is 34.7 Å². The molecular weight excluding hydrogens is 860 g/mol. The highest BCUT2D eigenvalue weighted by Gasteiger charge is 2.64. The molecule has 0 saturated heterocycles. The molecule has 3 nitrogen and oxygen atoms in total. The maximum absolute atomic E-state index is 6.44. The Labute approximate surface area is 242 Å². The largest absolute Gasteiger partial charge is 0.449 e. The normalized spacial score (nSPS) is 16.9. The molecule has 0 aliphatic heterocycles. The van der Waals surface area contributed by atoms with E-state index in [2.05, 4.69) is 124 Å². The topological polar surface area (TPSA) is 27.7 Å². The summed E-state index contributed by atoms with van der Waals surface area (Å²) < 4.78 is 15.4. The molecule has 0 aromatic heterocycles. The van der Waals surface area contributed by atoms with E-state index in [0.717, 1.165) is 17.5 Å². The van der Waals surface area contributed by atoms with Gasteiger partial charge in [0.2, 0.25) is 4.51 Å². The second kappa shape index (κ2) is 13.0. The van der Waals surface area contributed by atoms with Crippen molar-refractivity contribution in [2.45, 2.75) is 29.5 Å². The summed E-state index contributed by atoms with van der Waals surface area (Å²) in [5, 5.41) is 0.715. The fourth-order valence-electron chi connectivity index (χ4n) is 2.53. The molecule has 0 N–H and O–H groups in total. The lowest BCUT2D eigenvalue weighted by atomic mass is 10.1. The van der Waals surface area contributed by atoms with Gasteiger partial charge in [0, 0.05) is 16.8 Å². The van der Waals surface area contributed by atoms with Crippen LogP contribution in [-0.2, 0) is 9.47 Å². The van der Waals surface area contributed by atoms with Crippen molar-refractivity contribution in [3.05, 3.63) is 54.6 Å². The average Bonchev–Trinajstić information content (AvgIpc) is 2.75. The van der Waals surface area contributed by atoms with E-state index in [-0.39, 0.29) is 4.83 Å². The Hall–Kier alpha value is 1.52. The van der Waals surface area contributed by atoms with E-state index in [1.54, 1.807) is 0 Å². The number of halogens is 7. The smallest absolute Gasteiger partial charge is 0.311 e. The molecule has 2 rings (SSSR count). The summed E-state index contributed by atoms with van der Waals surface area (Å²) in [5.41, 5.74) is 2.13. The number of alkyl halides is 7. The van der Waals surface area contributed by atoms with Crippen LogP contribution in [0.15, 0.2) is 54.6 Å². The highest BCUT2D eigenvalue weighted by molar-refractivity contribution is 9.40. The highest BCUT2D eigenvalue weighted by atomic mass is 80.0. The zero-order chi connectivity index (χ0) is 23.1. The Morgan fingerprint density at radius 1 is 0.871 bits per heavy atom. The lowest BCUT2D eigenvalue weighted by molar-refractivity contribution is -0.192. The van der Waals surface area contributed by atoms with Gasteiger partial charge < -0.3 is 14.2 Å². The molecule has 3 atom stereocenters. The quantitative estimate of drug-likeness (QED) is 0.167. The van der Waals surface area contributed by atoms with Gasteiger partial charge in [0.05, 0.1) is 6.61 Å². The Kier molecular flexibility index (Phi) is 12.1. The predicted molar refractivity (Wildman–Crippen MR) is 154 cm³/mol. The summed E-state index contributed by atoms with van der Waals surface area (Å²) >= 11 is 25.3. The minimum absolute atomic E-state index is 0.0713. The minimum Gasteiger partial charge on any atom is -0.449 e. The molecule has 3 unspecified atom stereocenters. The SMILES string of the molecule is CCCOC(Br)(C(Br)(Br)Br)C(Br)(OCC(Br)CBr)Oc1cccc(-c2ccccc2)c1. The van der Waals surface area contributed by atoms with Crippen LogP contribution in [0.25, 0.3) is 11.1 Å². The Bertz CT molecular complexity index is 818. The Morgan fingerprint density at radius 2 is 1.52 bits per heavy atom. The van der Waals surface area contributed by atoms with Crippen molar-refractivity contribution < 1.29 is 14.2 Å². The molecule has 2 aromatic carbocycles. The van der Waals surface area contributed by atoms with Crippen LogP contribution in [0.2, 0.25) is 0 Å². The van der Waals surface area contributed by atoms with E-state index in [0.29, 0.717) is 24.3 Å². The van der Waals surface area contributed by atoms with Crippen LogP contribution < -0.4 is 4.74 Å². The average molecular weight is 881 g/mol. The first-order valence-corrected chi connectivity index (χ1v) is 15.3. The zero-order valence-corrected chi connectivity index (χ0v) is 27.6. The van der Waals surface area contributed by atoms with Crippen LogP contribution in [0.5, 0.6) is 5.75 Å². The minimum atomic E-state index is -1.42. The van der Waals surface area contributed by atoms with Gasteiger partial charge in [-0.05, 0) is 61.5 Å². The molecule has 0 aliphatic rings. The lowest BCUT2D eigenvalue weighted by Gasteiger charge is -2.46. The van der Waals surface area contributed by atoms with Crippen LogP contribution in [0.3, 0.4) is 0 Å². The van der Waals surface area contributed by atoms with E-state index in [9.17, 15) is 0 Å². The lowest BCUT2D eigenvalue weighted by Crippen LogP contribution is -2.60. The van der Waals surface area contributed by atoms with Gasteiger partial charge in [0.15, 0.2) is 2.14 Å². The molecule has 10 heteroatoms. The molecule has 0 bridgehead atoms. The molecule has 0 radical (unpaired) electrons. The molecule has 0 saturated carbocycles. The summed E-state index contributed by atoms with van der Waals surface area (Å²) in [6.45, 7) is 2.85. The van der Waals surface area contributed by atoms with Crippen molar-refractivity contribution in [2.24, 2.45) is 0 Å². The third-order valence-corrected chi connectivity index (χ3v) is 12.4. The van der Waals surface area contributed by atoms with Gasteiger partial charge in [-0.3, -0.25) is 0 Å². The molecule has 0 aliphatic carbocycles. The predicted octanol–water partition coefficient (Wildman–Crippen LogP) is 9.31. The maximum atomic E-state index is 6.44. The second-order valence-electron chi connectivity index (χ2n) is 6.54. The maximum Gasteiger partial charge on any atom is 0.311 e. The zero-order valence-electron chi connectivity index (χ0n) is 16.5. The molecule has 0 amide bonds. The molecule has 2 aromatic rings. The Morgan fingerprint density at radius 3 is 2.10 bits per heavy atom. The first-order valence-electron chi connectivity index (χ1n) is 9.33. The van der Waals surface area contributed by atoms with Crippen LogP contribution in [0.1, 0.15) is 13.3 Å². The third kappa shape index (κ3) is 7.75. The van der Waals surface area contributed by atoms with E-state index >= 15 is 0 Å². The monoisotopic (exact) mass is 874 g/mol. The molecule has 0 heterocycles. The van der Waals surface area contributed by atoms with Crippen molar-refractivity contribution >= 4 is 112 Å². The molecule has 31 heavy (non-hydrogen) atoms. The Balaban J connectivity index is 2.45. The standard InChI is InChI=1S/C21H21Br7O3/c1-2-11-29-19(24,20(25,26)27)21(28,30-14-17(23)13-22)31-18-10-6-9-16(12-18)15-7-4-3-5-8-15/h3-10,12,17H,2,11,13-14H2,1H3. The van der Waals surface area contributed by atoms with Gasteiger partial charge in [-0.2, -0.15) is 0 Å². The van der Waals surface area contributed by atoms with Crippen molar-refractivity contribution in [1.29, 1.82) is 0 Å². The van der Waals surface area contributed by atoms with E-state index in [4.69, 9.17) is 14.2 Å². The van der Waals surface area contributed by atoms with Gasteiger partial charge in [-0.1, -0.05) is 129 Å². The van der Waals surface area contributed by atoms with Crippen LogP contribution >= 0.6 is 112 Å². The van der Waals surface area contributed by atoms with Crippen LogP contribution in [0, 0.1) is 0 Å². The van der Waals surface area contributed by atoms with Gasteiger partial charge in [-0.15, -0.1) is 0 Å². The highest BCUT2D eigenvalue weighted by Crippen LogP contribution is 2.58. The first kappa shape index (κ1) is 28.8. The summed E-state index contributed by atoms with van der Waals surface area (Å²) in [6, 6.07) is 18.0. The summed E-state index contributed by atoms with van der Waals surface area (Å²) in [7, 11) is 0. The number of benzene rings is 2. The van der Waals surface area contributed by atoms with E-state index in [1.807, 2.05) is 49.4 Å². The van der Waals surface area contributed by atoms with Gasteiger partial charge >= 0.3 is 4.70 Å². The summed E-state index contributed by atoms with van der Waals surface area (Å²) in [6.07, 6.45) is 0.811. The number of rotatable bonds is 11. The van der Waals surface area contributed by atoms with Gasteiger partial charge in [0.25, 0.3) is 0 Å². The summed E-state index contributed by atoms with van der Waals surface area (Å²) in [4.78, 5) is 0.0713. The van der Waals surface area contributed by atoms with Crippen molar-refractivity contribution in [3.63, 3.8) is 0 Å². The van der Waals surface area contributed by atoms with Crippen LogP contribution in [0.4, 0.5) is 0 Å². The van der Waals surface area contributed by atoms with Gasteiger partial charge in [0.1, 0.15) is 5.75 Å². The molecule has 0 spiro atoms. The van der Waals surface area contributed by atoms with Crippen molar-refractivity contribution in [1.82, 2.24) is 0 Å². The molecule has 0 fully saturated rings. The van der Waals surface area contributed by atoms with E-state index < -0.39 is 11.3 Å². The summed E-state index contributed by atoms with van der Waals surface area (Å²) in [5.74, 6) is 0.615. The number of hydrogen-bond acceptors (Lipinski definition) is 3.